The molecule has 0 saturated heterocycles. The van der Waals surface area contributed by atoms with E-state index in [1.54, 1.807) is 0 Å². The molecule has 3 nitrogen and oxygen atoms in total. The number of nitrogens with two attached hydrogens (primary N) is 1. The van der Waals surface area contributed by atoms with Gasteiger partial charge in [0, 0.05) is 5.38 Å². The van der Waals surface area contributed by atoms with E-state index in [2.05, 4.69) is 9.59 Å². The minimum absolute atomic E-state index is 0.153. The van der Waals surface area contributed by atoms with Crippen LogP contribution in [0.2, 0.25) is 0 Å². The zero-order valence-electron chi connectivity index (χ0n) is 6.92. The first kappa shape index (κ1) is 8.34. The first-order valence-electron chi connectivity index (χ1n) is 3.95. The zero-order valence-corrected chi connectivity index (χ0v) is 7.74. The van der Waals surface area contributed by atoms with E-state index in [1.165, 1.54) is 11.5 Å². The monoisotopic (exact) mass is 191 g/mol. The van der Waals surface area contributed by atoms with E-state index in [-0.39, 0.29) is 6.04 Å². The number of rotatable bonds is 2. The molecule has 0 amide bonds. The third-order valence-corrected chi connectivity index (χ3v) is 2.38. The van der Waals surface area contributed by atoms with Gasteiger partial charge in [0.1, 0.15) is 0 Å². The van der Waals surface area contributed by atoms with E-state index >= 15 is 0 Å². The van der Waals surface area contributed by atoms with Crippen LogP contribution in [0.1, 0.15) is 17.3 Å². The van der Waals surface area contributed by atoms with Crippen molar-refractivity contribution >= 4 is 11.5 Å². The Labute approximate surface area is 80.4 Å². The van der Waals surface area contributed by atoms with Crippen molar-refractivity contribution in [2.75, 3.05) is 0 Å². The van der Waals surface area contributed by atoms with Crippen molar-refractivity contribution in [1.29, 1.82) is 0 Å². The Morgan fingerprint density at radius 1 is 1.23 bits per heavy atom. The fraction of sp³-hybridized carbons (Fsp3) is 0.111. The number of hydrogen-bond donors (Lipinski definition) is 1. The van der Waals surface area contributed by atoms with Crippen LogP contribution in [0.25, 0.3) is 0 Å². The topological polar surface area (TPSA) is 51.8 Å². The molecule has 0 aliphatic rings. The van der Waals surface area contributed by atoms with Crippen LogP contribution in [0.4, 0.5) is 0 Å². The quantitative estimate of drug-likeness (QED) is 0.784. The standard InChI is InChI=1S/C9H9N3S/c10-9(8-6-13-12-11-8)7-4-2-1-3-5-7/h1-6,9H,10H2. The highest BCUT2D eigenvalue weighted by molar-refractivity contribution is 7.03. The van der Waals surface area contributed by atoms with Gasteiger partial charge in [0.25, 0.3) is 0 Å². The van der Waals surface area contributed by atoms with Gasteiger partial charge in [0.2, 0.25) is 0 Å². The van der Waals surface area contributed by atoms with Gasteiger partial charge < -0.3 is 5.73 Å². The first-order chi connectivity index (χ1) is 6.38. The Hall–Kier alpha value is -1.26. The predicted molar refractivity (Wildman–Crippen MR) is 52.4 cm³/mol. The maximum atomic E-state index is 5.96. The van der Waals surface area contributed by atoms with Gasteiger partial charge in [-0.15, -0.1) is 5.10 Å². The average molecular weight is 191 g/mol. The molecule has 1 aromatic carbocycles. The Kier molecular flexibility index (Phi) is 2.33. The molecule has 1 unspecified atom stereocenters. The molecule has 0 fully saturated rings. The second kappa shape index (κ2) is 3.64. The van der Waals surface area contributed by atoms with Gasteiger partial charge in [-0.1, -0.05) is 34.8 Å². The highest BCUT2D eigenvalue weighted by atomic mass is 32.1. The second-order valence-electron chi connectivity index (χ2n) is 2.72. The third kappa shape index (κ3) is 1.74. The zero-order chi connectivity index (χ0) is 9.10. The van der Waals surface area contributed by atoms with E-state index in [0.717, 1.165) is 11.3 Å². The Morgan fingerprint density at radius 2 is 2.00 bits per heavy atom. The fourth-order valence-corrected chi connectivity index (χ4v) is 1.63. The van der Waals surface area contributed by atoms with Gasteiger partial charge in [-0.25, -0.2) is 0 Å². The summed E-state index contributed by atoms with van der Waals surface area (Å²) in [6.07, 6.45) is 0. The van der Waals surface area contributed by atoms with Crippen molar-refractivity contribution in [3.63, 3.8) is 0 Å². The maximum Gasteiger partial charge on any atom is 0.0967 e. The van der Waals surface area contributed by atoms with Crippen molar-refractivity contribution in [3.8, 4) is 0 Å². The lowest BCUT2D eigenvalue weighted by atomic mass is 10.1. The van der Waals surface area contributed by atoms with Crippen LogP contribution in [-0.4, -0.2) is 9.59 Å². The number of hydrogen-bond acceptors (Lipinski definition) is 4. The lowest BCUT2D eigenvalue weighted by molar-refractivity contribution is 0.818. The molecule has 0 saturated carbocycles. The Bertz CT molecular complexity index is 358. The van der Waals surface area contributed by atoms with Crippen molar-refractivity contribution in [1.82, 2.24) is 9.59 Å². The summed E-state index contributed by atoms with van der Waals surface area (Å²) in [6.45, 7) is 0. The minimum atomic E-state index is -0.153. The largest absolute Gasteiger partial charge is 0.319 e. The molecule has 0 bridgehead atoms. The summed E-state index contributed by atoms with van der Waals surface area (Å²) in [5, 5.41) is 5.81. The molecule has 2 aromatic rings. The Balaban J connectivity index is 2.29. The van der Waals surface area contributed by atoms with E-state index in [9.17, 15) is 0 Å². The summed E-state index contributed by atoms with van der Waals surface area (Å²) in [6, 6.07) is 9.73. The molecular formula is C9H9N3S. The number of benzene rings is 1. The SMILES string of the molecule is NC(c1ccccc1)c1csnn1. The number of nitrogens with zero attached hydrogens (tertiary/aromatic N) is 2. The highest BCUT2D eigenvalue weighted by Gasteiger charge is 2.10. The van der Waals surface area contributed by atoms with Crippen molar-refractivity contribution in [2.24, 2.45) is 5.73 Å². The molecule has 13 heavy (non-hydrogen) atoms. The van der Waals surface area contributed by atoms with Crippen LogP contribution < -0.4 is 5.73 Å². The smallest absolute Gasteiger partial charge is 0.0967 e. The van der Waals surface area contributed by atoms with Crippen LogP contribution in [0.5, 0.6) is 0 Å². The van der Waals surface area contributed by atoms with Crippen molar-refractivity contribution in [2.45, 2.75) is 6.04 Å². The van der Waals surface area contributed by atoms with E-state index < -0.39 is 0 Å². The van der Waals surface area contributed by atoms with Crippen molar-refractivity contribution < 1.29 is 0 Å². The van der Waals surface area contributed by atoms with Gasteiger partial charge in [0.15, 0.2) is 0 Å². The van der Waals surface area contributed by atoms with Gasteiger partial charge in [0.05, 0.1) is 11.7 Å². The second-order valence-corrected chi connectivity index (χ2v) is 3.33. The molecule has 1 atom stereocenters. The molecule has 2 N–H and O–H groups in total. The summed E-state index contributed by atoms with van der Waals surface area (Å²) in [4.78, 5) is 0. The summed E-state index contributed by atoms with van der Waals surface area (Å²) in [5.41, 5.74) is 7.86. The van der Waals surface area contributed by atoms with Crippen LogP contribution in [0.15, 0.2) is 35.7 Å². The first-order valence-corrected chi connectivity index (χ1v) is 4.79. The summed E-state index contributed by atoms with van der Waals surface area (Å²) < 4.78 is 3.78. The number of aromatic nitrogens is 2. The summed E-state index contributed by atoms with van der Waals surface area (Å²) in [7, 11) is 0. The van der Waals surface area contributed by atoms with Crippen LogP contribution in [-0.2, 0) is 0 Å². The van der Waals surface area contributed by atoms with Crippen LogP contribution in [0.3, 0.4) is 0 Å². The third-order valence-electron chi connectivity index (χ3n) is 1.85. The normalized spacial score (nSPS) is 12.7. The highest BCUT2D eigenvalue weighted by Crippen LogP contribution is 2.17. The van der Waals surface area contributed by atoms with Crippen LogP contribution >= 0.6 is 11.5 Å². The lowest BCUT2D eigenvalue weighted by Gasteiger charge is -2.07. The summed E-state index contributed by atoms with van der Waals surface area (Å²) >= 11 is 1.32. The molecule has 66 valence electrons. The van der Waals surface area contributed by atoms with Crippen molar-refractivity contribution in [3.05, 3.63) is 47.0 Å². The van der Waals surface area contributed by atoms with Gasteiger partial charge in [-0.05, 0) is 17.1 Å². The molecule has 0 aliphatic heterocycles. The molecule has 2 rings (SSSR count). The predicted octanol–water partition coefficient (Wildman–Crippen LogP) is 1.59. The van der Waals surface area contributed by atoms with E-state index in [4.69, 9.17) is 5.73 Å². The molecule has 1 heterocycles. The average Bonchev–Trinajstić information content (AvgIpc) is 2.71. The van der Waals surface area contributed by atoms with Gasteiger partial charge in [-0.2, -0.15) is 0 Å². The Morgan fingerprint density at radius 3 is 2.62 bits per heavy atom. The molecule has 1 aromatic heterocycles. The summed E-state index contributed by atoms with van der Waals surface area (Å²) in [5.74, 6) is 0. The molecule has 0 spiro atoms. The van der Waals surface area contributed by atoms with Gasteiger partial charge in [-0.3, -0.25) is 0 Å². The molecule has 0 aliphatic carbocycles. The maximum absolute atomic E-state index is 5.96. The molecule has 0 radical (unpaired) electrons. The van der Waals surface area contributed by atoms with Crippen LogP contribution in [0, 0.1) is 0 Å². The molecule has 4 heteroatoms. The molecular weight excluding hydrogens is 182 g/mol. The lowest BCUT2D eigenvalue weighted by Crippen LogP contribution is -2.11. The fourth-order valence-electron chi connectivity index (χ4n) is 1.14. The van der Waals surface area contributed by atoms with Gasteiger partial charge >= 0.3 is 0 Å². The van der Waals surface area contributed by atoms with E-state index in [1.807, 2.05) is 35.7 Å². The van der Waals surface area contributed by atoms with E-state index in [0.29, 0.717) is 0 Å². The minimum Gasteiger partial charge on any atom is -0.319 e.